The minimum atomic E-state index is -4.52. The summed E-state index contributed by atoms with van der Waals surface area (Å²) in [5.41, 5.74) is -1.55. The number of rotatable bonds is 6. The maximum Gasteiger partial charge on any atom is 0.389 e. The number of aliphatic hydroxyl groups is 1. The van der Waals surface area contributed by atoms with Gasteiger partial charge in [0.1, 0.15) is 5.76 Å². The number of azo groups is 1. The van der Waals surface area contributed by atoms with Crippen LogP contribution in [-0.2, 0) is 4.79 Å². The summed E-state index contributed by atoms with van der Waals surface area (Å²) in [6.45, 7) is 4.67. The summed E-state index contributed by atoms with van der Waals surface area (Å²) in [4.78, 5) is 22.1. The Kier molecular flexibility index (Phi) is 6.60. The van der Waals surface area contributed by atoms with E-state index in [0.717, 1.165) is 12.1 Å². The number of hydrogen-bond donors (Lipinski definition) is 1. The van der Waals surface area contributed by atoms with Crippen molar-refractivity contribution in [1.29, 1.82) is 0 Å². The molecule has 1 aromatic carbocycles. The van der Waals surface area contributed by atoms with Gasteiger partial charge in [0.25, 0.3) is 5.69 Å². The van der Waals surface area contributed by atoms with Crippen molar-refractivity contribution in [1.82, 2.24) is 0 Å². The maximum absolute atomic E-state index is 12.3. The Hall–Kier alpha value is -2.78. The van der Waals surface area contributed by atoms with Crippen LogP contribution in [0.5, 0.6) is 0 Å². The average Bonchev–Trinajstić information content (AvgIpc) is 2.51. The van der Waals surface area contributed by atoms with Gasteiger partial charge in [-0.1, -0.05) is 20.8 Å². The minimum absolute atomic E-state index is 0.137. The number of allylic oxidation sites excluding steroid dienone is 2. The standard InChI is InChI=1S/C16H18F3N3O4/c1-15(2,3)14(24)13(12(23)8-9-16(17,18)19)21-20-10-4-6-11(7-5-10)22(25)26/h4-7,24H,8-9H2,1-3H3. The molecule has 0 bridgehead atoms. The van der Waals surface area contributed by atoms with Crippen molar-refractivity contribution in [3.8, 4) is 0 Å². The number of aliphatic hydroxyl groups excluding tert-OH is 1. The topological polar surface area (TPSA) is 105 Å². The number of alkyl halides is 3. The van der Waals surface area contributed by atoms with Gasteiger partial charge < -0.3 is 5.11 Å². The Morgan fingerprint density at radius 3 is 2.15 bits per heavy atom. The highest BCUT2D eigenvalue weighted by Crippen LogP contribution is 2.30. The van der Waals surface area contributed by atoms with Gasteiger partial charge in [0.05, 0.1) is 17.0 Å². The number of ketones is 1. The first-order valence-corrected chi connectivity index (χ1v) is 7.51. The summed E-state index contributed by atoms with van der Waals surface area (Å²) in [6.07, 6.45) is -6.74. The molecule has 0 aliphatic rings. The number of non-ortho nitro benzene ring substituents is 1. The molecule has 0 radical (unpaired) electrons. The largest absolute Gasteiger partial charge is 0.509 e. The van der Waals surface area contributed by atoms with Crippen LogP contribution in [0.25, 0.3) is 0 Å². The molecule has 26 heavy (non-hydrogen) atoms. The highest BCUT2D eigenvalue weighted by atomic mass is 19.4. The number of carbonyl (C=O) groups is 1. The van der Waals surface area contributed by atoms with Crippen LogP contribution in [-0.4, -0.2) is 22.0 Å². The maximum atomic E-state index is 12.3. The van der Waals surface area contributed by atoms with Crippen molar-refractivity contribution >= 4 is 17.2 Å². The Labute approximate surface area is 147 Å². The van der Waals surface area contributed by atoms with E-state index in [9.17, 15) is 33.2 Å². The van der Waals surface area contributed by atoms with Gasteiger partial charge in [-0.2, -0.15) is 18.3 Å². The van der Waals surface area contributed by atoms with Gasteiger partial charge in [0.2, 0.25) is 0 Å². The molecule has 0 aliphatic carbocycles. The van der Waals surface area contributed by atoms with Crippen LogP contribution in [0.4, 0.5) is 24.5 Å². The summed E-state index contributed by atoms with van der Waals surface area (Å²) < 4.78 is 37.0. The van der Waals surface area contributed by atoms with Crippen molar-refractivity contribution in [3.63, 3.8) is 0 Å². The molecule has 10 heteroatoms. The van der Waals surface area contributed by atoms with Crippen LogP contribution in [0, 0.1) is 15.5 Å². The van der Waals surface area contributed by atoms with Crippen LogP contribution in [0.2, 0.25) is 0 Å². The molecule has 0 aromatic heterocycles. The lowest BCUT2D eigenvalue weighted by Crippen LogP contribution is -2.17. The van der Waals surface area contributed by atoms with E-state index in [-0.39, 0.29) is 11.4 Å². The first-order valence-electron chi connectivity index (χ1n) is 7.51. The van der Waals surface area contributed by atoms with Crippen LogP contribution in [0.15, 0.2) is 46.0 Å². The third kappa shape index (κ3) is 6.61. The molecule has 0 unspecified atom stereocenters. The number of halogens is 3. The SMILES string of the molecule is CC(C)(C)C(O)=C(N=Nc1ccc([N+](=O)[O-])cc1)C(=O)CCC(F)(F)F. The molecule has 1 aromatic rings. The van der Waals surface area contributed by atoms with E-state index in [1.54, 1.807) is 20.8 Å². The van der Waals surface area contributed by atoms with E-state index in [1.165, 1.54) is 12.1 Å². The van der Waals surface area contributed by atoms with Crippen LogP contribution >= 0.6 is 0 Å². The van der Waals surface area contributed by atoms with Gasteiger partial charge >= 0.3 is 6.18 Å². The highest BCUT2D eigenvalue weighted by Gasteiger charge is 2.31. The smallest absolute Gasteiger partial charge is 0.389 e. The molecule has 0 spiro atoms. The number of nitrogens with zero attached hydrogens (tertiary/aromatic N) is 3. The number of carbonyl (C=O) groups excluding carboxylic acids is 1. The molecule has 1 N–H and O–H groups in total. The van der Waals surface area contributed by atoms with Gasteiger partial charge in [-0.05, 0) is 12.1 Å². The first kappa shape index (κ1) is 21.3. The third-order valence-corrected chi connectivity index (χ3v) is 3.16. The molecule has 1 rings (SSSR count). The van der Waals surface area contributed by atoms with Gasteiger partial charge in [-0.3, -0.25) is 14.9 Å². The van der Waals surface area contributed by atoms with Gasteiger partial charge in [0.15, 0.2) is 11.5 Å². The number of hydrogen-bond acceptors (Lipinski definition) is 6. The van der Waals surface area contributed by atoms with E-state index in [2.05, 4.69) is 10.2 Å². The third-order valence-electron chi connectivity index (χ3n) is 3.16. The van der Waals surface area contributed by atoms with Gasteiger partial charge in [0, 0.05) is 24.0 Å². The van der Waals surface area contributed by atoms with Gasteiger partial charge in [-0.25, -0.2) is 0 Å². The number of nitro groups is 1. The second-order valence-electron chi connectivity index (χ2n) is 6.46. The monoisotopic (exact) mass is 373 g/mol. The summed E-state index contributed by atoms with van der Waals surface area (Å²) >= 11 is 0. The lowest BCUT2D eigenvalue weighted by molar-refractivity contribution is -0.384. The average molecular weight is 373 g/mol. The molecule has 0 fully saturated rings. The van der Waals surface area contributed by atoms with E-state index in [1.807, 2.05) is 0 Å². The normalized spacial score (nSPS) is 13.6. The molecule has 0 aliphatic heterocycles. The number of Topliss-reactive ketones (excluding diaryl/α,β-unsaturated/α-hetero) is 1. The van der Waals surface area contributed by atoms with Crippen LogP contribution < -0.4 is 0 Å². The van der Waals surface area contributed by atoms with E-state index in [0.29, 0.717) is 0 Å². The van der Waals surface area contributed by atoms with E-state index >= 15 is 0 Å². The van der Waals surface area contributed by atoms with Crippen molar-refractivity contribution in [2.45, 2.75) is 39.8 Å². The lowest BCUT2D eigenvalue weighted by atomic mass is 9.91. The Balaban J connectivity index is 3.13. The Morgan fingerprint density at radius 2 is 1.73 bits per heavy atom. The molecular formula is C16H18F3N3O4. The van der Waals surface area contributed by atoms with Crippen molar-refractivity contribution in [3.05, 3.63) is 45.8 Å². The molecule has 0 amide bonds. The Bertz CT molecular complexity index is 733. The van der Waals surface area contributed by atoms with Crippen molar-refractivity contribution in [2.75, 3.05) is 0 Å². The molecular weight excluding hydrogens is 355 g/mol. The quantitative estimate of drug-likeness (QED) is 0.237. The summed E-state index contributed by atoms with van der Waals surface area (Å²) in [5.74, 6) is -1.49. The second kappa shape index (κ2) is 8.07. The van der Waals surface area contributed by atoms with E-state index in [4.69, 9.17) is 0 Å². The van der Waals surface area contributed by atoms with Crippen molar-refractivity contribution < 1.29 is 28.0 Å². The summed E-state index contributed by atoms with van der Waals surface area (Å²) in [5, 5.41) is 28.1. The summed E-state index contributed by atoms with van der Waals surface area (Å²) in [7, 11) is 0. The molecule has 0 saturated heterocycles. The van der Waals surface area contributed by atoms with Gasteiger partial charge in [-0.15, -0.1) is 5.11 Å². The van der Waals surface area contributed by atoms with Crippen LogP contribution in [0.1, 0.15) is 33.6 Å². The number of benzene rings is 1. The predicted octanol–water partition coefficient (Wildman–Crippen LogP) is 5.41. The highest BCUT2D eigenvalue weighted by molar-refractivity contribution is 5.95. The fraction of sp³-hybridized carbons (Fsp3) is 0.438. The zero-order valence-corrected chi connectivity index (χ0v) is 14.4. The van der Waals surface area contributed by atoms with Crippen LogP contribution in [0.3, 0.4) is 0 Å². The minimum Gasteiger partial charge on any atom is -0.509 e. The zero-order chi connectivity index (χ0) is 20.1. The molecule has 0 atom stereocenters. The Morgan fingerprint density at radius 1 is 1.19 bits per heavy atom. The molecule has 0 saturated carbocycles. The van der Waals surface area contributed by atoms with Crippen molar-refractivity contribution in [2.24, 2.45) is 15.6 Å². The molecule has 0 heterocycles. The zero-order valence-electron chi connectivity index (χ0n) is 14.4. The molecule has 142 valence electrons. The predicted molar refractivity (Wildman–Crippen MR) is 87.0 cm³/mol. The number of nitro benzene ring substituents is 1. The summed E-state index contributed by atoms with van der Waals surface area (Å²) in [6, 6.07) is 4.83. The first-order chi connectivity index (χ1) is 11.8. The fourth-order valence-electron chi connectivity index (χ4n) is 1.71. The lowest BCUT2D eigenvalue weighted by Gasteiger charge is -2.19. The molecule has 7 nitrogen and oxygen atoms in total. The fourth-order valence-corrected chi connectivity index (χ4v) is 1.71. The van der Waals surface area contributed by atoms with E-state index < -0.39 is 46.6 Å². The second-order valence-corrected chi connectivity index (χ2v) is 6.46.